The first-order valence-corrected chi connectivity index (χ1v) is 7.76. The minimum atomic E-state index is 0.249. The van der Waals surface area contributed by atoms with E-state index in [9.17, 15) is 0 Å². The number of thiazole rings is 1. The predicted octanol–water partition coefficient (Wildman–Crippen LogP) is 5.14. The lowest BCUT2D eigenvalue weighted by molar-refractivity contribution is 0.733. The number of nitrogens with zero attached hydrogens (tertiary/aromatic N) is 1. The number of aromatic nitrogens is 1. The number of nitrogens with one attached hydrogen (secondary N) is 1. The van der Waals surface area contributed by atoms with Gasteiger partial charge in [-0.15, -0.1) is 11.3 Å². The van der Waals surface area contributed by atoms with Crippen molar-refractivity contribution in [2.45, 2.75) is 46.1 Å². The zero-order valence-electron chi connectivity index (χ0n) is 12.1. The van der Waals surface area contributed by atoms with Crippen molar-refractivity contribution in [3.8, 4) is 0 Å². The van der Waals surface area contributed by atoms with Crippen molar-refractivity contribution in [1.29, 1.82) is 0 Å². The van der Waals surface area contributed by atoms with Crippen LogP contribution in [-0.2, 0) is 0 Å². The maximum atomic E-state index is 4.52. The molecule has 3 heteroatoms. The molecule has 1 aromatic heterocycles. The molecule has 1 heterocycles. The summed E-state index contributed by atoms with van der Waals surface area (Å²) >= 11 is 1.70. The van der Waals surface area contributed by atoms with Crippen LogP contribution in [0.4, 0.5) is 5.69 Å². The van der Waals surface area contributed by atoms with Crippen molar-refractivity contribution in [3.05, 3.63) is 45.9 Å². The highest BCUT2D eigenvalue weighted by atomic mass is 32.1. The number of anilines is 1. The Morgan fingerprint density at radius 3 is 2.42 bits per heavy atom. The van der Waals surface area contributed by atoms with Gasteiger partial charge in [-0.2, -0.15) is 0 Å². The second-order valence-electron chi connectivity index (χ2n) is 5.09. The maximum absolute atomic E-state index is 4.52. The molecule has 0 saturated heterocycles. The van der Waals surface area contributed by atoms with E-state index in [1.165, 1.54) is 12.0 Å². The Morgan fingerprint density at radius 1 is 1.21 bits per heavy atom. The molecule has 0 saturated carbocycles. The first kappa shape index (κ1) is 14.1. The summed E-state index contributed by atoms with van der Waals surface area (Å²) in [7, 11) is 0. The third-order valence-electron chi connectivity index (χ3n) is 3.56. The average molecular weight is 274 g/mol. The molecule has 1 N–H and O–H groups in total. The van der Waals surface area contributed by atoms with Gasteiger partial charge in [0.1, 0.15) is 0 Å². The predicted molar refractivity (Wildman–Crippen MR) is 84.0 cm³/mol. The third kappa shape index (κ3) is 3.57. The zero-order valence-corrected chi connectivity index (χ0v) is 12.9. The van der Waals surface area contributed by atoms with E-state index in [2.05, 4.69) is 60.7 Å². The molecule has 102 valence electrons. The third-order valence-corrected chi connectivity index (χ3v) is 4.35. The van der Waals surface area contributed by atoms with Crippen molar-refractivity contribution in [1.82, 2.24) is 4.98 Å². The minimum Gasteiger partial charge on any atom is -0.377 e. The van der Waals surface area contributed by atoms with Gasteiger partial charge >= 0.3 is 0 Å². The normalized spacial score (nSPS) is 14.1. The molecule has 2 rings (SSSR count). The number of rotatable bonds is 5. The topological polar surface area (TPSA) is 24.9 Å². The quantitative estimate of drug-likeness (QED) is 0.816. The maximum Gasteiger partial charge on any atom is 0.0898 e. The Bertz CT molecular complexity index is 516. The van der Waals surface area contributed by atoms with Crippen molar-refractivity contribution >= 4 is 17.0 Å². The van der Waals surface area contributed by atoms with Gasteiger partial charge in [-0.05, 0) is 43.9 Å². The number of hydrogen-bond donors (Lipinski definition) is 1. The van der Waals surface area contributed by atoms with Crippen LogP contribution >= 0.6 is 11.3 Å². The van der Waals surface area contributed by atoms with E-state index in [0.717, 1.165) is 16.4 Å². The molecule has 0 aliphatic heterocycles. The summed E-state index contributed by atoms with van der Waals surface area (Å²) in [4.78, 5) is 4.52. The Kier molecular flexibility index (Phi) is 4.59. The highest BCUT2D eigenvalue weighted by molar-refractivity contribution is 7.09. The van der Waals surface area contributed by atoms with E-state index in [4.69, 9.17) is 0 Å². The van der Waals surface area contributed by atoms with Crippen LogP contribution < -0.4 is 5.32 Å². The molecular weight excluding hydrogens is 252 g/mol. The van der Waals surface area contributed by atoms with Crippen LogP contribution in [0.25, 0.3) is 0 Å². The number of benzene rings is 1. The lowest BCUT2D eigenvalue weighted by atomic mass is 9.98. The molecule has 0 bridgehead atoms. The van der Waals surface area contributed by atoms with Crippen LogP contribution in [0.5, 0.6) is 0 Å². The number of hydrogen-bond acceptors (Lipinski definition) is 3. The van der Waals surface area contributed by atoms with Crippen LogP contribution in [0.3, 0.4) is 0 Å². The van der Waals surface area contributed by atoms with E-state index < -0.39 is 0 Å². The molecule has 2 atom stereocenters. The van der Waals surface area contributed by atoms with Gasteiger partial charge in [0.2, 0.25) is 0 Å². The van der Waals surface area contributed by atoms with Crippen LogP contribution in [0.1, 0.15) is 55.4 Å². The summed E-state index contributed by atoms with van der Waals surface area (Å²) in [6, 6.07) is 9.01. The minimum absolute atomic E-state index is 0.249. The Labute approximate surface area is 119 Å². The number of aryl methyl sites for hydroxylation is 1. The molecule has 0 spiro atoms. The lowest BCUT2D eigenvalue weighted by Gasteiger charge is -2.15. The molecule has 0 aliphatic rings. The standard InChI is InChI=1S/C16H22N2S/c1-5-11(2)14-6-8-15(9-7-14)17-12(3)16-10-19-13(4)18-16/h6-12,17H,5H2,1-4H3. The van der Waals surface area contributed by atoms with Crippen molar-refractivity contribution in [2.24, 2.45) is 0 Å². The molecule has 19 heavy (non-hydrogen) atoms. The van der Waals surface area contributed by atoms with Crippen LogP contribution in [-0.4, -0.2) is 4.98 Å². The summed E-state index contributed by atoms with van der Waals surface area (Å²) in [5, 5.41) is 6.75. The van der Waals surface area contributed by atoms with Crippen molar-refractivity contribution in [2.75, 3.05) is 5.32 Å². The van der Waals surface area contributed by atoms with Gasteiger partial charge in [-0.1, -0.05) is 26.0 Å². The van der Waals surface area contributed by atoms with Crippen LogP contribution in [0.2, 0.25) is 0 Å². The fourth-order valence-electron chi connectivity index (χ4n) is 2.05. The van der Waals surface area contributed by atoms with Gasteiger partial charge in [0, 0.05) is 11.1 Å². The Morgan fingerprint density at radius 2 is 1.89 bits per heavy atom. The van der Waals surface area contributed by atoms with Gasteiger partial charge in [0.05, 0.1) is 16.7 Å². The first-order valence-electron chi connectivity index (χ1n) is 6.88. The average Bonchev–Trinajstić information content (AvgIpc) is 2.85. The molecule has 0 radical (unpaired) electrons. The Balaban J connectivity index is 2.03. The fourth-order valence-corrected chi connectivity index (χ4v) is 2.75. The molecule has 2 unspecified atom stereocenters. The lowest BCUT2D eigenvalue weighted by Crippen LogP contribution is -2.07. The molecule has 0 amide bonds. The Hall–Kier alpha value is -1.35. The van der Waals surface area contributed by atoms with Gasteiger partial charge < -0.3 is 5.32 Å². The molecule has 2 nitrogen and oxygen atoms in total. The summed E-state index contributed by atoms with van der Waals surface area (Å²) in [5.41, 5.74) is 3.68. The SMILES string of the molecule is CCC(C)c1ccc(NC(C)c2csc(C)n2)cc1. The summed E-state index contributed by atoms with van der Waals surface area (Å²) in [6.07, 6.45) is 1.18. The summed E-state index contributed by atoms with van der Waals surface area (Å²) in [6.45, 7) is 8.69. The highest BCUT2D eigenvalue weighted by Crippen LogP contribution is 2.24. The smallest absolute Gasteiger partial charge is 0.0898 e. The highest BCUT2D eigenvalue weighted by Gasteiger charge is 2.09. The van der Waals surface area contributed by atoms with Gasteiger partial charge in [0.25, 0.3) is 0 Å². The summed E-state index contributed by atoms with van der Waals surface area (Å²) < 4.78 is 0. The van der Waals surface area contributed by atoms with Gasteiger partial charge in [-0.3, -0.25) is 0 Å². The zero-order chi connectivity index (χ0) is 13.8. The molecule has 2 aromatic rings. The van der Waals surface area contributed by atoms with Gasteiger partial charge in [-0.25, -0.2) is 4.98 Å². The fraction of sp³-hybridized carbons (Fsp3) is 0.438. The monoisotopic (exact) mass is 274 g/mol. The van der Waals surface area contributed by atoms with E-state index >= 15 is 0 Å². The van der Waals surface area contributed by atoms with E-state index in [-0.39, 0.29) is 6.04 Å². The van der Waals surface area contributed by atoms with E-state index in [0.29, 0.717) is 5.92 Å². The van der Waals surface area contributed by atoms with Crippen LogP contribution in [0, 0.1) is 6.92 Å². The second kappa shape index (κ2) is 6.20. The second-order valence-corrected chi connectivity index (χ2v) is 6.15. The van der Waals surface area contributed by atoms with E-state index in [1.807, 2.05) is 6.92 Å². The molecular formula is C16H22N2S. The van der Waals surface area contributed by atoms with E-state index in [1.54, 1.807) is 11.3 Å². The van der Waals surface area contributed by atoms with Crippen molar-refractivity contribution in [3.63, 3.8) is 0 Å². The first-order chi connectivity index (χ1) is 9.10. The molecule has 0 aliphatic carbocycles. The van der Waals surface area contributed by atoms with Crippen LogP contribution in [0.15, 0.2) is 29.6 Å². The molecule has 1 aromatic carbocycles. The van der Waals surface area contributed by atoms with Gasteiger partial charge in [0.15, 0.2) is 0 Å². The largest absolute Gasteiger partial charge is 0.377 e. The summed E-state index contributed by atoms with van der Waals surface area (Å²) in [5.74, 6) is 0.632. The molecule has 0 fully saturated rings. The van der Waals surface area contributed by atoms with Crippen molar-refractivity contribution < 1.29 is 0 Å².